The molecule has 0 aliphatic carbocycles. The summed E-state index contributed by atoms with van der Waals surface area (Å²) in [6.45, 7) is 3.13. The fourth-order valence-electron chi connectivity index (χ4n) is 1.77. The predicted molar refractivity (Wildman–Crippen MR) is 81.2 cm³/mol. The standard InChI is InChI=1S/C14H14Cl2N2O3/c1-14(2,13(19)20)18-7-8(6-17-18)9-4-11(16)12(21-3)5-10(9)15/h4-7H,1-3H3,(H,19,20). The summed E-state index contributed by atoms with van der Waals surface area (Å²) in [6, 6.07) is 3.27. The first-order valence-electron chi connectivity index (χ1n) is 6.09. The van der Waals surface area contributed by atoms with Crippen LogP contribution >= 0.6 is 23.2 Å². The van der Waals surface area contributed by atoms with Gasteiger partial charge in [-0.1, -0.05) is 23.2 Å². The summed E-state index contributed by atoms with van der Waals surface area (Å²) in [4.78, 5) is 11.2. The summed E-state index contributed by atoms with van der Waals surface area (Å²) in [5.41, 5.74) is 0.190. The largest absolute Gasteiger partial charge is 0.495 e. The zero-order valence-electron chi connectivity index (χ0n) is 11.7. The number of carbonyl (C=O) groups is 1. The molecule has 0 atom stereocenters. The fourth-order valence-corrected chi connectivity index (χ4v) is 2.28. The van der Waals surface area contributed by atoms with Gasteiger partial charge in [0.2, 0.25) is 0 Å². The first kappa shape index (κ1) is 15.7. The molecule has 0 unspecified atom stereocenters. The highest BCUT2D eigenvalue weighted by molar-refractivity contribution is 6.36. The molecule has 0 spiro atoms. The zero-order chi connectivity index (χ0) is 15.8. The van der Waals surface area contributed by atoms with Gasteiger partial charge >= 0.3 is 5.97 Å². The Morgan fingerprint density at radius 2 is 2.00 bits per heavy atom. The van der Waals surface area contributed by atoms with Crippen molar-refractivity contribution < 1.29 is 14.6 Å². The molecule has 0 aliphatic heterocycles. The number of halogens is 2. The van der Waals surface area contributed by atoms with Gasteiger partial charge in [0, 0.05) is 23.4 Å². The number of carboxylic acid groups (broad SMARTS) is 1. The molecule has 2 rings (SSSR count). The number of methoxy groups -OCH3 is 1. The van der Waals surface area contributed by atoms with E-state index < -0.39 is 11.5 Å². The van der Waals surface area contributed by atoms with Gasteiger partial charge < -0.3 is 9.84 Å². The molecule has 1 N–H and O–H groups in total. The van der Waals surface area contributed by atoms with E-state index in [0.29, 0.717) is 26.9 Å². The fraction of sp³-hybridized carbons (Fsp3) is 0.286. The van der Waals surface area contributed by atoms with Crippen LogP contribution in [0.5, 0.6) is 5.75 Å². The molecule has 112 valence electrons. The molecule has 7 heteroatoms. The molecule has 2 aromatic rings. The topological polar surface area (TPSA) is 64.4 Å². The first-order valence-corrected chi connectivity index (χ1v) is 6.85. The highest BCUT2D eigenvalue weighted by Crippen LogP contribution is 2.36. The highest BCUT2D eigenvalue weighted by atomic mass is 35.5. The van der Waals surface area contributed by atoms with Crippen molar-refractivity contribution in [2.75, 3.05) is 7.11 Å². The lowest BCUT2D eigenvalue weighted by atomic mass is 10.1. The van der Waals surface area contributed by atoms with E-state index in [-0.39, 0.29) is 0 Å². The summed E-state index contributed by atoms with van der Waals surface area (Å²) in [5.74, 6) is -0.500. The van der Waals surface area contributed by atoms with Crippen molar-refractivity contribution in [1.29, 1.82) is 0 Å². The van der Waals surface area contributed by atoms with E-state index in [4.69, 9.17) is 27.9 Å². The van der Waals surface area contributed by atoms with E-state index >= 15 is 0 Å². The number of carboxylic acids is 1. The van der Waals surface area contributed by atoms with Crippen LogP contribution in [-0.4, -0.2) is 28.0 Å². The van der Waals surface area contributed by atoms with Crippen LogP contribution in [0.4, 0.5) is 0 Å². The third-order valence-corrected chi connectivity index (χ3v) is 3.84. The van der Waals surface area contributed by atoms with Crippen LogP contribution in [0.15, 0.2) is 24.5 Å². The van der Waals surface area contributed by atoms with Crippen molar-refractivity contribution >= 4 is 29.2 Å². The number of hydrogen-bond acceptors (Lipinski definition) is 3. The van der Waals surface area contributed by atoms with E-state index in [1.54, 1.807) is 38.4 Å². The summed E-state index contributed by atoms with van der Waals surface area (Å²) >= 11 is 12.3. The van der Waals surface area contributed by atoms with E-state index in [1.807, 2.05) is 0 Å². The van der Waals surface area contributed by atoms with Gasteiger partial charge in [-0.3, -0.25) is 4.68 Å². The van der Waals surface area contributed by atoms with Crippen molar-refractivity contribution in [3.63, 3.8) is 0 Å². The Morgan fingerprint density at radius 1 is 1.33 bits per heavy atom. The number of rotatable bonds is 4. The maximum atomic E-state index is 11.2. The van der Waals surface area contributed by atoms with Gasteiger partial charge in [0.25, 0.3) is 0 Å². The van der Waals surface area contributed by atoms with Crippen molar-refractivity contribution in [1.82, 2.24) is 9.78 Å². The molecular weight excluding hydrogens is 315 g/mol. The van der Waals surface area contributed by atoms with Crippen LogP contribution in [0.2, 0.25) is 10.0 Å². The highest BCUT2D eigenvalue weighted by Gasteiger charge is 2.30. The van der Waals surface area contributed by atoms with Crippen molar-refractivity contribution in [3.05, 3.63) is 34.6 Å². The minimum absolute atomic E-state index is 0.419. The van der Waals surface area contributed by atoms with E-state index in [2.05, 4.69) is 5.10 Å². The quantitative estimate of drug-likeness (QED) is 0.929. The van der Waals surface area contributed by atoms with Crippen LogP contribution in [0.1, 0.15) is 13.8 Å². The predicted octanol–water partition coefficient (Wildman–Crippen LogP) is 3.69. The number of hydrogen-bond donors (Lipinski definition) is 1. The molecule has 21 heavy (non-hydrogen) atoms. The van der Waals surface area contributed by atoms with Gasteiger partial charge in [0.15, 0.2) is 5.54 Å². The van der Waals surface area contributed by atoms with E-state index in [0.717, 1.165) is 0 Å². The summed E-state index contributed by atoms with van der Waals surface area (Å²) in [6.07, 6.45) is 3.17. The van der Waals surface area contributed by atoms with Crippen LogP contribution in [-0.2, 0) is 10.3 Å². The Labute approximate surface area is 132 Å². The van der Waals surface area contributed by atoms with Gasteiger partial charge in [-0.2, -0.15) is 5.10 Å². The molecular formula is C14H14Cl2N2O3. The smallest absolute Gasteiger partial charge is 0.331 e. The summed E-state index contributed by atoms with van der Waals surface area (Å²) in [7, 11) is 1.50. The SMILES string of the molecule is COc1cc(Cl)c(-c2cnn(C(C)(C)C(=O)O)c2)cc1Cl. The number of ether oxygens (including phenoxy) is 1. The van der Waals surface area contributed by atoms with Crippen LogP contribution < -0.4 is 4.74 Å². The third kappa shape index (κ3) is 2.84. The monoisotopic (exact) mass is 328 g/mol. The first-order chi connectivity index (χ1) is 9.77. The van der Waals surface area contributed by atoms with E-state index in [9.17, 15) is 9.90 Å². The molecule has 0 radical (unpaired) electrons. The Hall–Kier alpha value is -1.72. The minimum atomic E-state index is -1.15. The molecule has 1 heterocycles. The van der Waals surface area contributed by atoms with Crippen LogP contribution in [0, 0.1) is 0 Å². The van der Waals surface area contributed by atoms with Gasteiger partial charge in [0.05, 0.1) is 23.4 Å². The Morgan fingerprint density at radius 3 is 2.57 bits per heavy atom. The maximum Gasteiger partial charge on any atom is 0.331 e. The van der Waals surface area contributed by atoms with Gasteiger partial charge in [0.1, 0.15) is 5.75 Å². The average molecular weight is 329 g/mol. The Balaban J connectivity index is 2.48. The average Bonchev–Trinajstić information content (AvgIpc) is 2.90. The zero-order valence-corrected chi connectivity index (χ0v) is 13.2. The Kier molecular flexibility index (Phi) is 4.16. The van der Waals surface area contributed by atoms with Gasteiger partial charge in [-0.25, -0.2) is 4.79 Å². The second-order valence-corrected chi connectivity index (χ2v) is 5.82. The van der Waals surface area contributed by atoms with Crippen LogP contribution in [0.3, 0.4) is 0 Å². The van der Waals surface area contributed by atoms with E-state index in [1.165, 1.54) is 11.8 Å². The second-order valence-electron chi connectivity index (χ2n) is 5.00. The number of nitrogens with zero attached hydrogens (tertiary/aromatic N) is 2. The number of benzene rings is 1. The maximum absolute atomic E-state index is 11.2. The van der Waals surface area contributed by atoms with Crippen molar-refractivity contribution in [2.24, 2.45) is 0 Å². The van der Waals surface area contributed by atoms with Gasteiger partial charge in [-0.05, 0) is 19.9 Å². The molecule has 1 aromatic carbocycles. The lowest BCUT2D eigenvalue weighted by Gasteiger charge is -2.19. The molecule has 5 nitrogen and oxygen atoms in total. The van der Waals surface area contributed by atoms with Crippen LogP contribution in [0.25, 0.3) is 11.1 Å². The lowest BCUT2D eigenvalue weighted by Crippen LogP contribution is -2.35. The normalized spacial score (nSPS) is 11.5. The molecule has 0 saturated heterocycles. The Bertz CT molecular complexity index is 696. The molecule has 1 aromatic heterocycles. The lowest BCUT2D eigenvalue weighted by molar-refractivity contribution is -0.146. The molecule has 0 saturated carbocycles. The second kappa shape index (κ2) is 5.58. The molecule has 0 amide bonds. The van der Waals surface area contributed by atoms with Crippen molar-refractivity contribution in [2.45, 2.75) is 19.4 Å². The summed E-state index contributed by atoms with van der Waals surface area (Å²) in [5, 5.41) is 14.2. The molecule has 0 aliphatic rings. The van der Waals surface area contributed by atoms with Crippen molar-refractivity contribution in [3.8, 4) is 16.9 Å². The third-order valence-electron chi connectivity index (χ3n) is 3.23. The minimum Gasteiger partial charge on any atom is -0.495 e. The van der Waals surface area contributed by atoms with Gasteiger partial charge in [-0.15, -0.1) is 0 Å². The summed E-state index contributed by atoms with van der Waals surface area (Å²) < 4.78 is 6.47. The number of aliphatic carboxylic acids is 1. The molecule has 0 fully saturated rings. The molecule has 0 bridgehead atoms. The number of aromatic nitrogens is 2.